The minimum absolute atomic E-state index is 0.0516. The predicted octanol–water partition coefficient (Wildman–Crippen LogP) is 2.93. The van der Waals surface area contributed by atoms with Crippen LogP contribution in [0.4, 0.5) is 0 Å². The normalized spacial score (nSPS) is 12.8. The molecule has 0 bridgehead atoms. The molecule has 1 aromatic carbocycles. The molecule has 0 fully saturated rings. The lowest BCUT2D eigenvalue weighted by Crippen LogP contribution is -2.41. The second-order valence-electron chi connectivity index (χ2n) is 5.36. The van der Waals surface area contributed by atoms with Gasteiger partial charge >= 0.3 is 0 Å². The Hall–Kier alpha value is -1.06. The van der Waals surface area contributed by atoms with E-state index in [-0.39, 0.29) is 11.9 Å². The number of carbonyl (C=O) groups excluding carboxylic acids is 1. The van der Waals surface area contributed by atoms with Crippen LogP contribution in [-0.2, 0) is 11.3 Å². The minimum Gasteiger partial charge on any atom is -0.352 e. The lowest BCUT2D eigenvalue weighted by atomic mass is 10.1. The maximum atomic E-state index is 11.9. The summed E-state index contributed by atoms with van der Waals surface area (Å²) in [7, 11) is 1.92. The van der Waals surface area contributed by atoms with Crippen molar-refractivity contribution in [3.05, 3.63) is 34.9 Å². The van der Waals surface area contributed by atoms with Crippen molar-refractivity contribution in [3.63, 3.8) is 0 Å². The summed E-state index contributed by atoms with van der Waals surface area (Å²) in [6, 6.07) is 7.90. The van der Waals surface area contributed by atoms with E-state index in [1.165, 1.54) is 0 Å². The summed E-state index contributed by atoms with van der Waals surface area (Å²) in [6.45, 7) is 7.26. The van der Waals surface area contributed by atoms with E-state index in [2.05, 4.69) is 19.2 Å². The van der Waals surface area contributed by atoms with Gasteiger partial charge in [0.1, 0.15) is 0 Å². The first-order valence-electron chi connectivity index (χ1n) is 6.61. The Kier molecular flexibility index (Phi) is 6.32. The largest absolute Gasteiger partial charge is 0.352 e. The highest BCUT2D eigenvalue weighted by Crippen LogP contribution is 2.16. The lowest BCUT2D eigenvalue weighted by Gasteiger charge is -2.21. The molecule has 0 aliphatic carbocycles. The average molecular weight is 283 g/mol. The SMILES string of the molecule is CC(C)C(C)NC(=O)CN(C)Cc1ccccc1Cl. The Morgan fingerprint density at radius 2 is 1.95 bits per heavy atom. The highest BCUT2D eigenvalue weighted by Gasteiger charge is 2.13. The number of benzene rings is 1. The molecule has 106 valence electrons. The van der Waals surface area contributed by atoms with Crippen LogP contribution in [0, 0.1) is 5.92 Å². The lowest BCUT2D eigenvalue weighted by molar-refractivity contribution is -0.122. The van der Waals surface area contributed by atoms with E-state index < -0.39 is 0 Å². The molecule has 0 saturated heterocycles. The van der Waals surface area contributed by atoms with Crippen molar-refractivity contribution >= 4 is 17.5 Å². The van der Waals surface area contributed by atoms with Gasteiger partial charge in [-0.15, -0.1) is 0 Å². The van der Waals surface area contributed by atoms with Crippen molar-refractivity contribution in [3.8, 4) is 0 Å². The molecule has 1 unspecified atom stereocenters. The van der Waals surface area contributed by atoms with Crippen LogP contribution in [0.1, 0.15) is 26.3 Å². The van der Waals surface area contributed by atoms with Gasteiger partial charge in [0.05, 0.1) is 6.54 Å². The number of likely N-dealkylation sites (N-methyl/N-ethyl adjacent to an activating group) is 1. The van der Waals surface area contributed by atoms with Crippen molar-refractivity contribution in [1.82, 2.24) is 10.2 Å². The third kappa shape index (κ3) is 5.62. The molecule has 0 radical (unpaired) electrons. The van der Waals surface area contributed by atoms with Gasteiger partial charge in [-0.05, 0) is 31.5 Å². The van der Waals surface area contributed by atoms with Gasteiger partial charge in [0.15, 0.2) is 0 Å². The zero-order chi connectivity index (χ0) is 14.4. The van der Waals surface area contributed by atoms with Crippen LogP contribution < -0.4 is 5.32 Å². The van der Waals surface area contributed by atoms with Crippen LogP contribution in [0.3, 0.4) is 0 Å². The van der Waals surface area contributed by atoms with Crippen LogP contribution in [0.5, 0.6) is 0 Å². The Morgan fingerprint density at radius 3 is 2.53 bits per heavy atom. The van der Waals surface area contributed by atoms with Gasteiger partial charge in [-0.25, -0.2) is 0 Å². The third-order valence-electron chi connectivity index (χ3n) is 3.20. The fourth-order valence-electron chi connectivity index (χ4n) is 1.68. The number of halogens is 1. The van der Waals surface area contributed by atoms with Gasteiger partial charge < -0.3 is 5.32 Å². The first-order valence-corrected chi connectivity index (χ1v) is 6.99. The Bertz CT molecular complexity index is 420. The van der Waals surface area contributed by atoms with Gasteiger partial charge in [-0.1, -0.05) is 43.6 Å². The smallest absolute Gasteiger partial charge is 0.234 e. The summed E-state index contributed by atoms with van der Waals surface area (Å²) in [6.07, 6.45) is 0. The van der Waals surface area contributed by atoms with Crippen molar-refractivity contribution in [2.24, 2.45) is 5.92 Å². The fraction of sp³-hybridized carbons (Fsp3) is 0.533. The Morgan fingerprint density at radius 1 is 1.32 bits per heavy atom. The van der Waals surface area contributed by atoms with Gasteiger partial charge in [0, 0.05) is 17.6 Å². The molecular formula is C15H23ClN2O. The summed E-state index contributed by atoms with van der Waals surface area (Å²) in [5, 5.41) is 3.74. The maximum absolute atomic E-state index is 11.9. The number of nitrogens with one attached hydrogen (secondary N) is 1. The van der Waals surface area contributed by atoms with Gasteiger partial charge in [-0.2, -0.15) is 0 Å². The third-order valence-corrected chi connectivity index (χ3v) is 3.57. The van der Waals surface area contributed by atoms with Crippen molar-refractivity contribution in [2.75, 3.05) is 13.6 Å². The summed E-state index contributed by atoms with van der Waals surface area (Å²) < 4.78 is 0. The Balaban J connectivity index is 2.45. The molecule has 1 amide bonds. The van der Waals surface area contributed by atoms with Crippen LogP contribution >= 0.6 is 11.6 Å². The predicted molar refractivity (Wildman–Crippen MR) is 80.2 cm³/mol. The topological polar surface area (TPSA) is 32.3 Å². The Labute approximate surface area is 120 Å². The summed E-state index contributed by atoms with van der Waals surface area (Å²) >= 11 is 6.10. The maximum Gasteiger partial charge on any atom is 0.234 e. The molecule has 4 heteroatoms. The quantitative estimate of drug-likeness (QED) is 0.870. The van der Waals surface area contributed by atoms with E-state index >= 15 is 0 Å². The molecule has 3 nitrogen and oxygen atoms in total. The van der Waals surface area contributed by atoms with Crippen LogP contribution in [-0.4, -0.2) is 30.4 Å². The zero-order valence-corrected chi connectivity index (χ0v) is 12.9. The first-order chi connectivity index (χ1) is 8.90. The highest BCUT2D eigenvalue weighted by atomic mass is 35.5. The highest BCUT2D eigenvalue weighted by molar-refractivity contribution is 6.31. The monoisotopic (exact) mass is 282 g/mol. The molecule has 1 N–H and O–H groups in total. The molecular weight excluding hydrogens is 260 g/mol. The molecule has 1 atom stereocenters. The zero-order valence-electron chi connectivity index (χ0n) is 12.1. The van der Waals surface area contributed by atoms with Gasteiger partial charge in [0.25, 0.3) is 0 Å². The van der Waals surface area contributed by atoms with E-state index in [1.807, 2.05) is 43.1 Å². The molecule has 0 aliphatic heterocycles. The van der Waals surface area contributed by atoms with Gasteiger partial charge in [-0.3, -0.25) is 9.69 Å². The fourth-order valence-corrected chi connectivity index (χ4v) is 1.88. The average Bonchev–Trinajstić information content (AvgIpc) is 2.31. The van der Waals surface area contributed by atoms with Crippen LogP contribution in [0.2, 0.25) is 5.02 Å². The number of amides is 1. The second-order valence-corrected chi connectivity index (χ2v) is 5.77. The molecule has 0 spiro atoms. The number of carbonyl (C=O) groups is 1. The number of hydrogen-bond acceptors (Lipinski definition) is 2. The number of hydrogen-bond donors (Lipinski definition) is 1. The van der Waals surface area contributed by atoms with Crippen molar-refractivity contribution < 1.29 is 4.79 Å². The number of rotatable bonds is 6. The second kappa shape index (κ2) is 7.51. The standard InChI is InChI=1S/C15H23ClN2O/c1-11(2)12(3)17-15(19)10-18(4)9-13-7-5-6-8-14(13)16/h5-8,11-12H,9-10H2,1-4H3,(H,17,19). The number of nitrogens with zero attached hydrogens (tertiary/aromatic N) is 1. The molecule has 1 rings (SSSR count). The first kappa shape index (κ1) is 16.0. The van der Waals surface area contributed by atoms with Crippen LogP contribution in [0.25, 0.3) is 0 Å². The van der Waals surface area contributed by atoms with Gasteiger partial charge in [0.2, 0.25) is 5.91 Å². The van der Waals surface area contributed by atoms with E-state index in [1.54, 1.807) is 0 Å². The molecule has 0 heterocycles. The van der Waals surface area contributed by atoms with Crippen molar-refractivity contribution in [1.29, 1.82) is 0 Å². The molecule has 1 aromatic rings. The summed E-state index contributed by atoms with van der Waals surface area (Å²) in [5.41, 5.74) is 1.04. The molecule has 0 aromatic heterocycles. The molecule has 0 saturated carbocycles. The van der Waals surface area contributed by atoms with E-state index in [0.717, 1.165) is 10.6 Å². The summed E-state index contributed by atoms with van der Waals surface area (Å²) in [5.74, 6) is 0.494. The van der Waals surface area contributed by atoms with Crippen molar-refractivity contribution in [2.45, 2.75) is 33.4 Å². The van der Waals surface area contributed by atoms with Crippen LogP contribution in [0.15, 0.2) is 24.3 Å². The van der Waals surface area contributed by atoms with E-state index in [4.69, 9.17) is 11.6 Å². The summed E-state index contributed by atoms with van der Waals surface area (Å²) in [4.78, 5) is 13.8. The molecule has 0 aliphatic rings. The van der Waals surface area contributed by atoms with E-state index in [9.17, 15) is 4.79 Å². The minimum atomic E-state index is 0.0516. The van der Waals surface area contributed by atoms with E-state index in [0.29, 0.717) is 19.0 Å². The molecule has 19 heavy (non-hydrogen) atoms.